The molecule has 7 heteroatoms. The minimum atomic E-state index is -3.34. The van der Waals surface area contributed by atoms with E-state index in [2.05, 4.69) is 10.0 Å². The zero-order valence-electron chi connectivity index (χ0n) is 11.8. The molecule has 0 unspecified atom stereocenters. The van der Waals surface area contributed by atoms with Crippen molar-refractivity contribution >= 4 is 27.3 Å². The summed E-state index contributed by atoms with van der Waals surface area (Å²) in [4.78, 5) is 0. The number of hydrogen-bond donors (Lipinski definition) is 2. The molecule has 0 saturated heterocycles. The zero-order valence-corrected chi connectivity index (χ0v) is 13.4. The highest BCUT2D eigenvalue weighted by Crippen LogP contribution is 2.27. The smallest absolute Gasteiger partial charge is 0.232 e. The van der Waals surface area contributed by atoms with Gasteiger partial charge >= 0.3 is 0 Å². The summed E-state index contributed by atoms with van der Waals surface area (Å²) in [7, 11) is -1.83. The van der Waals surface area contributed by atoms with Crippen molar-refractivity contribution in [1.29, 1.82) is 0 Å². The fraction of sp³-hybridized carbons (Fsp3) is 0.538. The summed E-state index contributed by atoms with van der Waals surface area (Å²) in [5.74, 6) is 0.613. The molecule has 0 radical (unpaired) electrons. The van der Waals surface area contributed by atoms with Gasteiger partial charge in [-0.25, -0.2) is 8.42 Å². The average Bonchev–Trinajstić information content (AvgIpc) is 2.38. The summed E-state index contributed by atoms with van der Waals surface area (Å²) in [6.07, 6.45) is 1.45. The molecule has 0 saturated carbocycles. The van der Waals surface area contributed by atoms with Crippen molar-refractivity contribution in [3.05, 3.63) is 23.2 Å². The SMILES string of the molecule is CCNCCCCS(=O)(=O)Nc1ccc(OC)c(Cl)c1. The molecule has 0 bridgehead atoms. The van der Waals surface area contributed by atoms with Crippen molar-refractivity contribution in [3.8, 4) is 5.75 Å². The van der Waals surface area contributed by atoms with Gasteiger partial charge in [0.1, 0.15) is 5.75 Å². The number of unbranched alkanes of at least 4 members (excludes halogenated alkanes) is 1. The van der Waals surface area contributed by atoms with Gasteiger partial charge < -0.3 is 10.1 Å². The van der Waals surface area contributed by atoms with E-state index in [0.717, 1.165) is 19.5 Å². The number of ether oxygens (including phenoxy) is 1. The molecule has 1 aromatic rings. The summed E-state index contributed by atoms with van der Waals surface area (Å²) in [5.41, 5.74) is 0.447. The Morgan fingerprint density at radius 3 is 2.65 bits per heavy atom. The lowest BCUT2D eigenvalue weighted by molar-refractivity contribution is 0.415. The zero-order chi connectivity index (χ0) is 15.0. The van der Waals surface area contributed by atoms with Crippen LogP contribution in [0.1, 0.15) is 19.8 Å². The molecule has 1 aromatic carbocycles. The van der Waals surface area contributed by atoms with E-state index in [9.17, 15) is 8.42 Å². The van der Waals surface area contributed by atoms with Crippen LogP contribution >= 0.6 is 11.6 Å². The Morgan fingerprint density at radius 2 is 2.05 bits per heavy atom. The van der Waals surface area contributed by atoms with Crippen molar-refractivity contribution in [3.63, 3.8) is 0 Å². The second-order valence-electron chi connectivity index (χ2n) is 4.33. The minimum Gasteiger partial charge on any atom is -0.495 e. The monoisotopic (exact) mass is 320 g/mol. The van der Waals surface area contributed by atoms with E-state index in [1.165, 1.54) is 13.2 Å². The highest BCUT2D eigenvalue weighted by molar-refractivity contribution is 7.92. The van der Waals surface area contributed by atoms with Crippen LogP contribution in [0.2, 0.25) is 5.02 Å². The Bertz CT molecular complexity index is 520. The second-order valence-corrected chi connectivity index (χ2v) is 6.58. The van der Waals surface area contributed by atoms with E-state index >= 15 is 0 Å². The molecule has 0 amide bonds. The molecule has 20 heavy (non-hydrogen) atoms. The minimum absolute atomic E-state index is 0.0992. The van der Waals surface area contributed by atoms with Crippen LogP contribution in [0, 0.1) is 0 Å². The lowest BCUT2D eigenvalue weighted by atomic mass is 10.3. The normalized spacial score (nSPS) is 11.3. The van der Waals surface area contributed by atoms with Crippen LogP contribution in [0.3, 0.4) is 0 Å². The van der Waals surface area contributed by atoms with Gasteiger partial charge in [-0.1, -0.05) is 18.5 Å². The van der Waals surface area contributed by atoms with E-state index < -0.39 is 10.0 Å². The third-order valence-corrected chi connectivity index (χ3v) is 4.36. The molecule has 0 aliphatic carbocycles. The predicted molar refractivity (Wildman–Crippen MR) is 83.2 cm³/mol. The van der Waals surface area contributed by atoms with Crippen LogP contribution in [0.15, 0.2) is 18.2 Å². The van der Waals surface area contributed by atoms with E-state index in [-0.39, 0.29) is 5.75 Å². The molecule has 1 rings (SSSR count). The molecule has 0 spiro atoms. The number of anilines is 1. The fourth-order valence-corrected chi connectivity index (χ4v) is 3.11. The first-order valence-electron chi connectivity index (χ1n) is 6.53. The van der Waals surface area contributed by atoms with Crippen molar-refractivity contribution in [1.82, 2.24) is 5.32 Å². The van der Waals surface area contributed by atoms with Gasteiger partial charge in [-0.15, -0.1) is 0 Å². The van der Waals surface area contributed by atoms with Gasteiger partial charge in [0.05, 0.1) is 23.6 Å². The molecule has 0 atom stereocenters. The Balaban J connectivity index is 2.51. The molecule has 0 fully saturated rings. The van der Waals surface area contributed by atoms with Gasteiger partial charge in [0.2, 0.25) is 10.0 Å². The molecular weight excluding hydrogens is 300 g/mol. The molecule has 0 aliphatic rings. The third kappa shape index (κ3) is 5.98. The van der Waals surface area contributed by atoms with Crippen molar-refractivity contribution in [2.45, 2.75) is 19.8 Å². The number of nitrogens with one attached hydrogen (secondary N) is 2. The number of rotatable bonds is 9. The van der Waals surface area contributed by atoms with Gasteiger partial charge in [0.15, 0.2) is 0 Å². The first-order valence-corrected chi connectivity index (χ1v) is 8.56. The van der Waals surface area contributed by atoms with Gasteiger partial charge in [0.25, 0.3) is 0 Å². The maximum atomic E-state index is 11.9. The summed E-state index contributed by atoms with van der Waals surface area (Å²) in [6.45, 7) is 3.75. The lowest BCUT2D eigenvalue weighted by Gasteiger charge is -2.10. The predicted octanol–water partition coefficient (Wildman–Crippen LogP) is 2.48. The highest BCUT2D eigenvalue weighted by Gasteiger charge is 2.11. The molecule has 2 N–H and O–H groups in total. The fourth-order valence-electron chi connectivity index (χ4n) is 1.68. The molecular formula is C13H21ClN2O3S. The molecule has 0 aliphatic heterocycles. The number of benzene rings is 1. The van der Waals surface area contributed by atoms with E-state index in [1.807, 2.05) is 6.92 Å². The molecule has 5 nitrogen and oxygen atoms in total. The Labute approximate surface area is 125 Å². The van der Waals surface area contributed by atoms with E-state index in [1.54, 1.807) is 12.1 Å². The molecule has 0 heterocycles. The number of sulfonamides is 1. The maximum Gasteiger partial charge on any atom is 0.232 e. The molecule has 114 valence electrons. The van der Waals surface area contributed by atoms with Gasteiger partial charge in [-0.3, -0.25) is 4.72 Å². The molecule has 0 aromatic heterocycles. The largest absolute Gasteiger partial charge is 0.495 e. The Morgan fingerprint density at radius 1 is 1.30 bits per heavy atom. The van der Waals surface area contributed by atoms with Crippen molar-refractivity contribution < 1.29 is 13.2 Å². The highest BCUT2D eigenvalue weighted by atomic mass is 35.5. The van der Waals surface area contributed by atoms with E-state index in [0.29, 0.717) is 22.9 Å². The van der Waals surface area contributed by atoms with Crippen LogP contribution in [-0.2, 0) is 10.0 Å². The Kier molecular flexibility index (Phi) is 7.12. The lowest BCUT2D eigenvalue weighted by Crippen LogP contribution is -2.19. The quantitative estimate of drug-likeness (QED) is 0.686. The summed E-state index contributed by atoms with van der Waals surface area (Å²) in [6, 6.07) is 4.79. The number of methoxy groups -OCH3 is 1. The maximum absolute atomic E-state index is 11.9. The van der Waals surface area contributed by atoms with Crippen molar-refractivity contribution in [2.24, 2.45) is 0 Å². The van der Waals surface area contributed by atoms with Gasteiger partial charge in [-0.05, 0) is 44.1 Å². The third-order valence-electron chi connectivity index (χ3n) is 2.69. The summed E-state index contributed by atoms with van der Waals surface area (Å²) >= 11 is 5.95. The van der Waals surface area contributed by atoms with Crippen LogP contribution in [-0.4, -0.2) is 34.4 Å². The number of halogens is 1. The summed E-state index contributed by atoms with van der Waals surface area (Å²) < 4.78 is 31.3. The average molecular weight is 321 g/mol. The second kappa shape index (κ2) is 8.34. The van der Waals surface area contributed by atoms with Gasteiger partial charge in [0, 0.05) is 0 Å². The standard InChI is InChI=1S/C13H21ClN2O3S/c1-3-15-8-4-5-9-20(17,18)16-11-6-7-13(19-2)12(14)10-11/h6-7,10,15-16H,3-5,8-9H2,1-2H3. The topological polar surface area (TPSA) is 67.4 Å². The number of hydrogen-bond acceptors (Lipinski definition) is 4. The van der Waals surface area contributed by atoms with Crippen LogP contribution in [0.5, 0.6) is 5.75 Å². The summed E-state index contributed by atoms with van der Waals surface area (Å²) in [5, 5.41) is 3.53. The van der Waals surface area contributed by atoms with Crippen LogP contribution in [0.25, 0.3) is 0 Å². The van der Waals surface area contributed by atoms with Crippen molar-refractivity contribution in [2.75, 3.05) is 30.7 Å². The van der Waals surface area contributed by atoms with Gasteiger partial charge in [-0.2, -0.15) is 0 Å². The van der Waals surface area contributed by atoms with E-state index in [4.69, 9.17) is 16.3 Å². The first kappa shape index (κ1) is 17.1. The Hall–Kier alpha value is -0.980. The van der Waals surface area contributed by atoms with Crippen LogP contribution < -0.4 is 14.8 Å². The van der Waals surface area contributed by atoms with Crippen LogP contribution in [0.4, 0.5) is 5.69 Å². The first-order chi connectivity index (χ1) is 9.48.